The molecule has 21 heavy (non-hydrogen) atoms. The normalized spacial score (nSPS) is 12.6. The highest BCUT2D eigenvalue weighted by atomic mass is 19.3. The van der Waals surface area contributed by atoms with Crippen molar-refractivity contribution in [2.24, 2.45) is 0 Å². The fourth-order valence-electron chi connectivity index (χ4n) is 1.93. The molecule has 1 aromatic rings. The molecule has 0 heterocycles. The third-order valence-corrected chi connectivity index (χ3v) is 2.95. The van der Waals surface area contributed by atoms with Crippen LogP contribution in [0.3, 0.4) is 0 Å². The van der Waals surface area contributed by atoms with Crippen molar-refractivity contribution >= 4 is 11.9 Å². The van der Waals surface area contributed by atoms with Crippen LogP contribution in [0.25, 0.3) is 0 Å². The molecule has 0 aliphatic heterocycles. The molecule has 0 bridgehead atoms. The molecule has 0 aliphatic rings. The third kappa shape index (κ3) is 5.49. The zero-order valence-corrected chi connectivity index (χ0v) is 12.1. The Balaban J connectivity index is 2.86. The summed E-state index contributed by atoms with van der Waals surface area (Å²) in [7, 11) is 0. The lowest BCUT2D eigenvalue weighted by molar-refractivity contribution is -0.172. The molecule has 4 nitrogen and oxygen atoms in total. The van der Waals surface area contributed by atoms with E-state index in [0.29, 0.717) is 5.56 Å². The van der Waals surface area contributed by atoms with E-state index >= 15 is 0 Å². The van der Waals surface area contributed by atoms with Gasteiger partial charge in [0, 0.05) is 25.8 Å². The summed E-state index contributed by atoms with van der Waals surface area (Å²) in [5, 5.41) is 2.51. The summed E-state index contributed by atoms with van der Waals surface area (Å²) >= 11 is 0. The van der Waals surface area contributed by atoms with Crippen molar-refractivity contribution in [2.45, 2.75) is 32.1 Å². The quantitative estimate of drug-likeness (QED) is 0.787. The first-order valence-electron chi connectivity index (χ1n) is 6.71. The van der Waals surface area contributed by atoms with Gasteiger partial charge in [-0.2, -0.15) is 8.78 Å². The van der Waals surface area contributed by atoms with Crippen LogP contribution in [0.15, 0.2) is 30.3 Å². The molecule has 1 atom stereocenters. The van der Waals surface area contributed by atoms with Crippen molar-refractivity contribution in [1.82, 2.24) is 5.32 Å². The molecule has 0 saturated heterocycles. The lowest BCUT2D eigenvalue weighted by Gasteiger charge is -2.22. The monoisotopic (exact) mass is 299 g/mol. The largest absolute Gasteiger partial charge is 0.462 e. The van der Waals surface area contributed by atoms with Crippen LogP contribution in [0.5, 0.6) is 0 Å². The summed E-state index contributed by atoms with van der Waals surface area (Å²) in [5.41, 5.74) is 0.634. The summed E-state index contributed by atoms with van der Waals surface area (Å²) in [6.07, 6.45) is -0.712. The Morgan fingerprint density at radius 3 is 2.43 bits per heavy atom. The van der Waals surface area contributed by atoms with Crippen molar-refractivity contribution in [1.29, 1.82) is 0 Å². The number of esters is 1. The number of carbonyl (C=O) groups is 2. The molecular formula is C15H19F2NO3. The Bertz CT molecular complexity index is 477. The minimum atomic E-state index is -3.59. The predicted octanol–water partition coefficient (Wildman–Crippen LogP) is 2.49. The molecule has 0 aliphatic carbocycles. The van der Waals surface area contributed by atoms with Gasteiger partial charge in [0.1, 0.15) is 0 Å². The zero-order chi connectivity index (χ0) is 15.9. The Morgan fingerprint density at radius 1 is 1.29 bits per heavy atom. The number of hydrogen-bond acceptors (Lipinski definition) is 3. The molecule has 0 radical (unpaired) electrons. The maximum Gasteiger partial charge on any atom is 0.376 e. The van der Waals surface area contributed by atoms with E-state index in [9.17, 15) is 18.4 Å². The first-order valence-corrected chi connectivity index (χ1v) is 6.71. The average Bonchev–Trinajstić information content (AvgIpc) is 2.44. The van der Waals surface area contributed by atoms with E-state index in [0.717, 1.165) is 0 Å². The van der Waals surface area contributed by atoms with Gasteiger partial charge < -0.3 is 10.1 Å². The second-order valence-corrected chi connectivity index (χ2v) is 4.67. The van der Waals surface area contributed by atoms with Gasteiger partial charge in [-0.25, -0.2) is 4.79 Å². The molecule has 1 N–H and O–H groups in total. The topological polar surface area (TPSA) is 55.4 Å². The van der Waals surface area contributed by atoms with Crippen LogP contribution in [0.1, 0.15) is 31.7 Å². The Hall–Kier alpha value is -1.98. The molecule has 0 aromatic heterocycles. The first kappa shape index (κ1) is 17.1. The number of alkyl halides is 2. The number of benzene rings is 1. The van der Waals surface area contributed by atoms with Gasteiger partial charge in [-0.1, -0.05) is 30.3 Å². The minimum Gasteiger partial charge on any atom is -0.462 e. The Morgan fingerprint density at radius 2 is 1.90 bits per heavy atom. The molecule has 1 unspecified atom stereocenters. The maximum absolute atomic E-state index is 13.9. The average molecular weight is 299 g/mol. The van der Waals surface area contributed by atoms with E-state index in [2.05, 4.69) is 10.1 Å². The van der Waals surface area contributed by atoms with Crippen molar-refractivity contribution < 1.29 is 23.1 Å². The van der Waals surface area contributed by atoms with E-state index < -0.39 is 24.2 Å². The van der Waals surface area contributed by atoms with Crippen molar-refractivity contribution in [3.05, 3.63) is 35.9 Å². The van der Waals surface area contributed by atoms with Crippen LogP contribution < -0.4 is 5.32 Å². The molecule has 0 spiro atoms. The Kier molecular flexibility index (Phi) is 6.27. The molecule has 116 valence electrons. The van der Waals surface area contributed by atoms with Gasteiger partial charge in [0.25, 0.3) is 0 Å². The molecule has 1 rings (SSSR count). The van der Waals surface area contributed by atoms with Crippen LogP contribution >= 0.6 is 0 Å². The third-order valence-electron chi connectivity index (χ3n) is 2.95. The van der Waals surface area contributed by atoms with Gasteiger partial charge in [0.2, 0.25) is 5.91 Å². The van der Waals surface area contributed by atoms with Gasteiger partial charge in [-0.15, -0.1) is 0 Å². The molecular weight excluding hydrogens is 280 g/mol. The van der Waals surface area contributed by atoms with E-state index in [-0.39, 0.29) is 19.1 Å². The SMILES string of the molecule is CCOC(=O)C(F)(F)CC(CNC(C)=O)c1ccccc1. The summed E-state index contributed by atoms with van der Waals surface area (Å²) < 4.78 is 32.1. The van der Waals surface area contributed by atoms with E-state index in [1.54, 1.807) is 30.3 Å². The smallest absolute Gasteiger partial charge is 0.376 e. The van der Waals surface area contributed by atoms with Gasteiger partial charge in [0.15, 0.2) is 0 Å². The maximum atomic E-state index is 13.9. The predicted molar refractivity (Wildman–Crippen MR) is 74.1 cm³/mol. The minimum absolute atomic E-state index is 0.0361. The molecule has 6 heteroatoms. The summed E-state index contributed by atoms with van der Waals surface area (Å²) in [6, 6.07) is 8.58. The number of amides is 1. The highest BCUT2D eigenvalue weighted by Crippen LogP contribution is 2.31. The van der Waals surface area contributed by atoms with Crippen molar-refractivity contribution in [3.8, 4) is 0 Å². The summed E-state index contributed by atoms with van der Waals surface area (Å²) in [6.45, 7) is 2.72. The van der Waals surface area contributed by atoms with Crippen LogP contribution in [0, 0.1) is 0 Å². The molecule has 1 amide bonds. The van der Waals surface area contributed by atoms with Gasteiger partial charge >= 0.3 is 11.9 Å². The highest BCUT2D eigenvalue weighted by molar-refractivity contribution is 5.77. The Labute approximate surface area is 122 Å². The number of nitrogens with one attached hydrogen (secondary N) is 1. The molecule has 1 aromatic carbocycles. The van der Waals surface area contributed by atoms with E-state index in [4.69, 9.17) is 0 Å². The van der Waals surface area contributed by atoms with Crippen LogP contribution in [-0.4, -0.2) is 31.0 Å². The van der Waals surface area contributed by atoms with Crippen LogP contribution in [0.4, 0.5) is 8.78 Å². The van der Waals surface area contributed by atoms with Crippen LogP contribution in [0.2, 0.25) is 0 Å². The molecule has 0 saturated carbocycles. The molecule has 0 fully saturated rings. The number of rotatable bonds is 7. The highest BCUT2D eigenvalue weighted by Gasteiger charge is 2.42. The first-order chi connectivity index (χ1) is 9.86. The zero-order valence-electron chi connectivity index (χ0n) is 12.1. The van der Waals surface area contributed by atoms with Crippen molar-refractivity contribution in [2.75, 3.05) is 13.2 Å². The second kappa shape index (κ2) is 7.71. The van der Waals surface area contributed by atoms with Gasteiger partial charge in [0.05, 0.1) is 6.61 Å². The van der Waals surface area contributed by atoms with E-state index in [1.807, 2.05) is 0 Å². The van der Waals surface area contributed by atoms with Gasteiger partial charge in [-0.3, -0.25) is 4.79 Å². The number of ether oxygens (including phenoxy) is 1. The summed E-state index contributed by atoms with van der Waals surface area (Å²) in [5.74, 6) is -6.10. The fourth-order valence-corrected chi connectivity index (χ4v) is 1.93. The fraction of sp³-hybridized carbons (Fsp3) is 0.467. The number of carbonyl (C=O) groups excluding carboxylic acids is 2. The van der Waals surface area contributed by atoms with Crippen LogP contribution in [-0.2, 0) is 14.3 Å². The number of halogens is 2. The van der Waals surface area contributed by atoms with Crippen molar-refractivity contribution in [3.63, 3.8) is 0 Å². The van der Waals surface area contributed by atoms with E-state index in [1.165, 1.54) is 13.8 Å². The lowest BCUT2D eigenvalue weighted by atomic mass is 9.92. The number of hydrogen-bond donors (Lipinski definition) is 1. The standard InChI is InChI=1S/C15H19F2NO3/c1-3-21-14(20)15(16,17)9-13(10-18-11(2)19)12-7-5-4-6-8-12/h4-8,13H,3,9-10H2,1-2H3,(H,18,19). The van der Waals surface area contributed by atoms with Gasteiger partial charge in [-0.05, 0) is 12.5 Å². The lowest BCUT2D eigenvalue weighted by Crippen LogP contribution is -2.36. The summed E-state index contributed by atoms with van der Waals surface area (Å²) in [4.78, 5) is 22.3. The second-order valence-electron chi connectivity index (χ2n) is 4.67.